The van der Waals surface area contributed by atoms with Crippen molar-refractivity contribution in [3.05, 3.63) is 29.6 Å². The summed E-state index contributed by atoms with van der Waals surface area (Å²) < 4.78 is 1.21. The largest absolute Gasteiger partial charge is 0.311 e. The summed E-state index contributed by atoms with van der Waals surface area (Å²) in [5.74, 6) is 0. The maximum Gasteiger partial charge on any atom is 0.0570 e. The summed E-state index contributed by atoms with van der Waals surface area (Å²) in [6.45, 7) is 4.07. The summed E-state index contributed by atoms with van der Waals surface area (Å²) in [5, 5.41) is 3.38. The van der Waals surface area contributed by atoms with Crippen molar-refractivity contribution < 1.29 is 0 Å². The van der Waals surface area contributed by atoms with E-state index in [-0.39, 0.29) is 0 Å². The summed E-state index contributed by atoms with van der Waals surface area (Å²) >= 11 is 2.39. The van der Waals surface area contributed by atoms with Crippen molar-refractivity contribution in [3.8, 4) is 0 Å². The zero-order chi connectivity index (χ0) is 9.52. The van der Waals surface area contributed by atoms with Gasteiger partial charge >= 0.3 is 0 Å². The molecule has 13 heavy (non-hydrogen) atoms. The molecule has 0 radical (unpaired) electrons. The molecule has 0 bridgehead atoms. The maximum absolute atomic E-state index is 4.31. The number of alkyl halides is 1. The Kier molecular flexibility index (Phi) is 5.31. The van der Waals surface area contributed by atoms with Crippen LogP contribution in [0, 0.1) is 6.92 Å². The summed E-state index contributed by atoms with van der Waals surface area (Å²) in [6, 6.07) is 4.08. The van der Waals surface area contributed by atoms with Crippen LogP contribution in [0.4, 0.5) is 0 Å². The first-order valence-corrected chi connectivity index (χ1v) is 6.04. The number of pyridine rings is 1. The van der Waals surface area contributed by atoms with E-state index < -0.39 is 0 Å². The molecule has 0 atom stereocenters. The second-order valence-electron chi connectivity index (χ2n) is 2.99. The standard InChI is InChI=1S/C10H15IN2/c1-9-4-2-7-13-10(9)8-12-6-3-5-11/h2,4,7,12H,3,5-6,8H2,1H3. The van der Waals surface area contributed by atoms with Crippen LogP contribution in [0.3, 0.4) is 0 Å². The van der Waals surface area contributed by atoms with Gasteiger partial charge in [-0.05, 0) is 31.5 Å². The van der Waals surface area contributed by atoms with Crippen LogP contribution in [-0.4, -0.2) is 16.0 Å². The number of halogens is 1. The molecule has 1 N–H and O–H groups in total. The van der Waals surface area contributed by atoms with Crippen LogP contribution in [0.15, 0.2) is 18.3 Å². The van der Waals surface area contributed by atoms with Gasteiger partial charge in [-0.1, -0.05) is 28.7 Å². The molecule has 0 spiro atoms. The second kappa shape index (κ2) is 6.32. The Morgan fingerprint density at radius 2 is 2.38 bits per heavy atom. The quantitative estimate of drug-likeness (QED) is 0.511. The van der Waals surface area contributed by atoms with E-state index in [9.17, 15) is 0 Å². The van der Waals surface area contributed by atoms with Crippen LogP contribution >= 0.6 is 22.6 Å². The number of nitrogens with one attached hydrogen (secondary N) is 1. The number of hydrogen-bond acceptors (Lipinski definition) is 2. The van der Waals surface area contributed by atoms with Crippen LogP contribution in [-0.2, 0) is 6.54 Å². The molecule has 0 aliphatic heterocycles. The first kappa shape index (κ1) is 10.9. The van der Waals surface area contributed by atoms with E-state index in [0.717, 1.165) is 18.8 Å². The van der Waals surface area contributed by atoms with E-state index in [1.54, 1.807) is 0 Å². The monoisotopic (exact) mass is 290 g/mol. The lowest BCUT2D eigenvalue weighted by Crippen LogP contribution is -2.16. The summed E-state index contributed by atoms with van der Waals surface area (Å²) in [4.78, 5) is 4.31. The Morgan fingerprint density at radius 1 is 1.54 bits per heavy atom. The molecular formula is C10H15IN2. The molecule has 2 nitrogen and oxygen atoms in total. The zero-order valence-electron chi connectivity index (χ0n) is 7.89. The summed E-state index contributed by atoms with van der Waals surface area (Å²) in [7, 11) is 0. The molecule has 0 fully saturated rings. The average Bonchev–Trinajstić information content (AvgIpc) is 2.15. The molecule has 72 valence electrons. The number of nitrogens with zero attached hydrogens (tertiary/aromatic N) is 1. The van der Waals surface area contributed by atoms with Crippen molar-refractivity contribution in [2.24, 2.45) is 0 Å². The average molecular weight is 290 g/mol. The van der Waals surface area contributed by atoms with Gasteiger partial charge in [-0.25, -0.2) is 0 Å². The van der Waals surface area contributed by atoms with Gasteiger partial charge in [0.1, 0.15) is 0 Å². The van der Waals surface area contributed by atoms with Gasteiger partial charge in [0.2, 0.25) is 0 Å². The minimum absolute atomic E-state index is 0.892. The van der Waals surface area contributed by atoms with E-state index in [1.807, 2.05) is 12.3 Å². The third-order valence-corrected chi connectivity index (χ3v) is 2.66. The second-order valence-corrected chi connectivity index (χ2v) is 4.07. The van der Waals surface area contributed by atoms with E-state index in [4.69, 9.17) is 0 Å². The predicted molar refractivity (Wildman–Crippen MR) is 64.2 cm³/mol. The van der Waals surface area contributed by atoms with E-state index in [2.05, 4.69) is 45.9 Å². The van der Waals surface area contributed by atoms with Gasteiger partial charge in [0.15, 0.2) is 0 Å². The van der Waals surface area contributed by atoms with Gasteiger partial charge in [-0.15, -0.1) is 0 Å². The molecule has 0 saturated carbocycles. The van der Waals surface area contributed by atoms with Crippen molar-refractivity contribution in [2.45, 2.75) is 19.9 Å². The minimum Gasteiger partial charge on any atom is -0.311 e. The molecule has 1 aromatic rings. The molecule has 3 heteroatoms. The molecule has 0 aromatic carbocycles. The van der Waals surface area contributed by atoms with Gasteiger partial charge in [-0.3, -0.25) is 4.98 Å². The molecule has 0 aliphatic carbocycles. The fourth-order valence-corrected chi connectivity index (χ4v) is 1.48. The van der Waals surface area contributed by atoms with Gasteiger partial charge in [0.05, 0.1) is 5.69 Å². The lowest BCUT2D eigenvalue weighted by atomic mass is 10.2. The van der Waals surface area contributed by atoms with Crippen LogP contribution in [0.5, 0.6) is 0 Å². The third kappa shape index (κ3) is 4.04. The number of hydrogen-bond donors (Lipinski definition) is 1. The summed E-state index contributed by atoms with van der Waals surface area (Å²) in [6.07, 6.45) is 3.08. The molecule has 1 rings (SSSR count). The topological polar surface area (TPSA) is 24.9 Å². The van der Waals surface area contributed by atoms with Crippen molar-refractivity contribution in [1.29, 1.82) is 0 Å². The van der Waals surface area contributed by atoms with Crippen molar-refractivity contribution >= 4 is 22.6 Å². The van der Waals surface area contributed by atoms with E-state index in [0.29, 0.717) is 0 Å². The highest BCUT2D eigenvalue weighted by Gasteiger charge is 1.96. The fourth-order valence-electron chi connectivity index (χ4n) is 1.10. The Morgan fingerprint density at radius 3 is 3.08 bits per heavy atom. The SMILES string of the molecule is Cc1cccnc1CNCCCI. The van der Waals surface area contributed by atoms with Gasteiger partial charge in [-0.2, -0.15) is 0 Å². The zero-order valence-corrected chi connectivity index (χ0v) is 10.0. The first-order valence-electron chi connectivity index (χ1n) is 4.52. The predicted octanol–water partition coefficient (Wildman–Crippen LogP) is 2.30. The van der Waals surface area contributed by atoms with Gasteiger partial charge < -0.3 is 5.32 Å². The third-order valence-electron chi connectivity index (χ3n) is 1.90. The number of aromatic nitrogens is 1. The van der Waals surface area contributed by atoms with Gasteiger partial charge in [0.25, 0.3) is 0 Å². The Labute approximate surface area is 93.3 Å². The Bertz CT molecular complexity index is 250. The summed E-state index contributed by atoms with van der Waals surface area (Å²) in [5.41, 5.74) is 2.43. The van der Waals surface area contributed by atoms with Crippen LogP contribution in [0.2, 0.25) is 0 Å². The van der Waals surface area contributed by atoms with Gasteiger partial charge in [0, 0.05) is 17.2 Å². The van der Waals surface area contributed by atoms with E-state index in [1.165, 1.54) is 16.4 Å². The fraction of sp³-hybridized carbons (Fsp3) is 0.500. The van der Waals surface area contributed by atoms with Crippen molar-refractivity contribution in [1.82, 2.24) is 10.3 Å². The normalized spacial score (nSPS) is 10.3. The number of aryl methyl sites for hydroxylation is 1. The molecule has 0 unspecified atom stereocenters. The minimum atomic E-state index is 0.892. The number of rotatable bonds is 5. The highest BCUT2D eigenvalue weighted by Crippen LogP contribution is 2.01. The highest BCUT2D eigenvalue weighted by molar-refractivity contribution is 14.1. The van der Waals surface area contributed by atoms with E-state index >= 15 is 0 Å². The molecule has 0 saturated heterocycles. The first-order chi connectivity index (χ1) is 6.34. The molecule has 0 aliphatic rings. The Balaban J connectivity index is 2.32. The van der Waals surface area contributed by atoms with Crippen LogP contribution < -0.4 is 5.32 Å². The van der Waals surface area contributed by atoms with Crippen LogP contribution in [0.25, 0.3) is 0 Å². The van der Waals surface area contributed by atoms with Crippen LogP contribution in [0.1, 0.15) is 17.7 Å². The smallest absolute Gasteiger partial charge is 0.0570 e. The lowest BCUT2D eigenvalue weighted by Gasteiger charge is -2.05. The molecule has 1 heterocycles. The maximum atomic E-state index is 4.31. The lowest BCUT2D eigenvalue weighted by molar-refractivity contribution is 0.667. The Hall–Kier alpha value is -0.160. The van der Waals surface area contributed by atoms with Crippen molar-refractivity contribution in [3.63, 3.8) is 0 Å². The molecule has 1 aromatic heterocycles. The molecule has 0 amide bonds. The van der Waals surface area contributed by atoms with Crippen molar-refractivity contribution in [2.75, 3.05) is 11.0 Å². The highest BCUT2D eigenvalue weighted by atomic mass is 127. The molecular weight excluding hydrogens is 275 g/mol.